The van der Waals surface area contributed by atoms with Crippen molar-refractivity contribution in [3.05, 3.63) is 74.5 Å². The van der Waals surface area contributed by atoms with Crippen LogP contribution in [-0.4, -0.2) is 20.4 Å². The van der Waals surface area contributed by atoms with E-state index in [0.717, 1.165) is 22.5 Å². The number of carbonyl (C=O) groups is 1. The summed E-state index contributed by atoms with van der Waals surface area (Å²) in [4.78, 5) is 36.1. The number of fused-ring (bicyclic) bond motifs is 1. The Kier molecular flexibility index (Phi) is 6.17. The van der Waals surface area contributed by atoms with Crippen LogP contribution in [-0.2, 0) is 17.6 Å². The average Bonchev–Trinajstić information content (AvgIpc) is 3.21. The molecule has 2 heterocycles. The summed E-state index contributed by atoms with van der Waals surface area (Å²) >= 11 is 2.89. The summed E-state index contributed by atoms with van der Waals surface area (Å²) in [5, 5.41) is 3.84. The van der Waals surface area contributed by atoms with Crippen molar-refractivity contribution in [1.82, 2.24) is 14.5 Å². The van der Waals surface area contributed by atoms with E-state index in [1.165, 1.54) is 28.7 Å². The Morgan fingerprint density at radius 3 is 2.59 bits per heavy atom. The van der Waals surface area contributed by atoms with Crippen molar-refractivity contribution in [2.75, 3.05) is 4.90 Å². The van der Waals surface area contributed by atoms with Gasteiger partial charge in [-0.15, -0.1) is 11.3 Å². The molecule has 0 N–H and O–H groups in total. The van der Waals surface area contributed by atoms with E-state index in [9.17, 15) is 9.59 Å². The highest BCUT2D eigenvalue weighted by molar-refractivity contribution is 7.98. The van der Waals surface area contributed by atoms with Crippen LogP contribution in [0.25, 0.3) is 10.9 Å². The molecule has 2 aromatic carbocycles. The molecule has 32 heavy (non-hydrogen) atoms. The molecular formula is C24H24N4O2S2. The molecule has 164 valence electrons. The first-order valence-corrected chi connectivity index (χ1v) is 12.0. The van der Waals surface area contributed by atoms with E-state index < -0.39 is 0 Å². The zero-order valence-electron chi connectivity index (χ0n) is 18.7. The lowest BCUT2D eigenvalue weighted by Gasteiger charge is -2.19. The molecule has 0 radical (unpaired) electrons. The molecule has 0 bridgehead atoms. The summed E-state index contributed by atoms with van der Waals surface area (Å²) in [7, 11) is 1.74. The Hall–Kier alpha value is -2.97. The molecule has 0 saturated carbocycles. The van der Waals surface area contributed by atoms with Crippen LogP contribution in [0.15, 0.2) is 51.7 Å². The number of thioether (sulfide) groups is 1. The van der Waals surface area contributed by atoms with Gasteiger partial charge in [0.1, 0.15) is 0 Å². The number of anilines is 2. The molecule has 8 heteroatoms. The number of hydrogen-bond donors (Lipinski definition) is 0. The molecule has 0 aliphatic heterocycles. The maximum atomic E-state index is 12.7. The first-order chi connectivity index (χ1) is 15.2. The minimum absolute atomic E-state index is 0.0577. The highest BCUT2D eigenvalue weighted by atomic mass is 32.2. The van der Waals surface area contributed by atoms with Crippen LogP contribution < -0.4 is 10.5 Å². The second-order valence-corrected chi connectivity index (χ2v) is 9.59. The lowest BCUT2D eigenvalue weighted by Crippen LogP contribution is -2.22. The lowest BCUT2D eigenvalue weighted by molar-refractivity contribution is -0.115. The van der Waals surface area contributed by atoms with E-state index in [0.29, 0.717) is 26.9 Å². The number of thiazole rings is 1. The minimum atomic E-state index is -0.0873. The van der Waals surface area contributed by atoms with Crippen LogP contribution in [0, 0.1) is 20.8 Å². The topological polar surface area (TPSA) is 68.1 Å². The Labute approximate surface area is 194 Å². The van der Waals surface area contributed by atoms with Crippen LogP contribution >= 0.6 is 23.1 Å². The number of rotatable bonds is 5. The number of benzene rings is 2. The van der Waals surface area contributed by atoms with Crippen LogP contribution in [0.5, 0.6) is 0 Å². The van der Waals surface area contributed by atoms with E-state index in [1.807, 2.05) is 62.5 Å². The third kappa shape index (κ3) is 4.33. The molecular weight excluding hydrogens is 440 g/mol. The van der Waals surface area contributed by atoms with Gasteiger partial charge < -0.3 is 0 Å². The first-order valence-electron chi connectivity index (χ1n) is 10.2. The van der Waals surface area contributed by atoms with Gasteiger partial charge in [-0.05, 0) is 56.2 Å². The van der Waals surface area contributed by atoms with E-state index in [4.69, 9.17) is 0 Å². The fourth-order valence-corrected chi connectivity index (χ4v) is 5.25. The number of aromatic nitrogens is 3. The molecule has 2 aromatic heterocycles. The SMILES string of the molecule is CC(=O)N(c1ccc(C)c(C)c1)c1nc(CSc2nc3ccc(C)cc3c(=O)n2C)cs1. The van der Waals surface area contributed by atoms with Gasteiger partial charge in [-0.2, -0.15) is 0 Å². The maximum absolute atomic E-state index is 12.7. The predicted octanol–water partition coefficient (Wildman–Crippen LogP) is 5.29. The monoisotopic (exact) mass is 464 g/mol. The van der Waals surface area contributed by atoms with Gasteiger partial charge >= 0.3 is 0 Å². The Balaban J connectivity index is 1.58. The summed E-state index contributed by atoms with van der Waals surface area (Å²) in [6, 6.07) is 11.7. The highest BCUT2D eigenvalue weighted by Gasteiger charge is 2.19. The van der Waals surface area contributed by atoms with E-state index >= 15 is 0 Å². The van der Waals surface area contributed by atoms with Crippen molar-refractivity contribution in [2.24, 2.45) is 7.05 Å². The van der Waals surface area contributed by atoms with Crippen molar-refractivity contribution in [3.63, 3.8) is 0 Å². The summed E-state index contributed by atoms with van der Waals surface area (Å²) in [5.74, 6) is 0.461. The second-order valence-electron chi connectivity index (χ2n) is 7.81. The zero-order valence-corrected chi connectivity index (χ0v) is 20.3. The summed E-state index contributed by atoms with van der Waals surface area (Å²) in [5.41, 5.74) is 5.61. The molecule has 0 unspecified atom stereocenters. The van der Waals surface area contributed by atoms with Crippen molar-refractivity contribution >= 4 is 50.7 Å². The van der Waals surface area contributed by atoms with Gasteiger partial charge in [-0.1, -0.05) is 29.5 Å². The standard InChI is InChI=1S/C24H24N4O2S2/c1-14-6-9-21-20(10-14)22(30)27(5)23(26-21)31-12-18-13-32-24(25-18)28(17(4)29)19-8-7-15(2)16(3)11-19/h6-11,13H,12H2,1-5H3. The Morgan fingerprint density at radius 1 is 1.09 bits per heavy atom. The summed E-state index contributed by atoms with van der Waals surface area (Å²) in [6.45, 7) is 7.58. The molecule has 0 aliphatic carbocycles. The third-order valence-electron chi connectivity index (χ3n) is 5.33. The second kappa shape index (κ2) is 8.88. The first kappa shape index (κ1) is 22.2. The van der Waals surface area contributed by atoms with Crippen molar-refractivity contribution in [2.45, 2.75) is 38.6 Å². The zero-order chi connectivity index (χ0) is 23.0. The van der Waals surface area contributed by atoms with Gasteiger partial charge in [0.25, 0.3) is 5.56 Å². The number of aryl methyl sites for hydroxylation is 3. The van der Waals surface area contributed by atoms with Crippen molar-refractivity contribution in [3.8, 4) is 0 Å². The van der Waals surface area contributed by atoms with Gasteiger partial charge in [0.2, 0.25) is 5.91 Å². The van der Waals surface area contributed by atoms with Gasteiger partial charge in [-0.3, -0.25) is 19.1 Å². The minimum Gasteiger partial charge on any atom is -0.290 e. The highest BCUT2D eigenvalue weighted by Crippen LogP contribution is 2.32. The lowest BCUT2D eigenvalue weighted by atomic mass is 10.1. The fraction of sp³-hybridized carbons (Fsp3) is 0.250. The summed E-state index contributed by atoms with van der Waals surface area (Å²) < 4.78 is 1.58. The Bertz CT molecular complexity index is 1390. The van der Waals surface area contributed by atoms with Crippen molar-refractivity contribution < 1.29 is 4.79 Å². The van der Waals surface area contributed by atoms with Crippen LogP contribution in [0.1, 0.15) is 29.3 Å². The van der Waals surface area contributed by atoms with Crippen molar-refractivity contribution in [1.29, 1.82) is 0 Å². The van der Waals surface area contributed by atoms with E-state index in [2.05, 4.69) is 9.97 Å². The van der Waals surface area contributed by atoms with Crippen LogP contribution in [0.2, 0.25) is 0 Å². The predicted molar refractivity (Wildman–Crippen MR) is 132 cm³/mol. The average molecular weight is 465 g/mol. The molecule has 4 rings (SSSR count). The quantitative estimate of drug-likeness (QED) is 0.296. The molecule has 0 fully saturated rings. The smallest absolute Gasteiger partial charge is 0.261 e. The third-order valence-corrected chi connectivity index (χ3v) is 7.27. The fourth-order valence-electron chi connectivity index (χ4n) is 3.39. The number of carbonyl (C=O) groups excluding carboxylic acids is 1. The van der Waals surface area contributed by atoms with E-state index in [-0.39, 0.29) is 11.5 Å². The molecule has 0 atom stereocenters. The van der Waals surface area contributed by atoms with E-state index in [1.54, 1.807) is 23.4 Å². The molecule has 6 nitrogen and oxygen atoms in total. The van der Waals surface area contributed by atoms with Gasteiger partial charge in [0.15, 0.2) is 10.3 Å². The number of amides is 1. The van der Waals surface area contributed by atoms with Gasteiger partial charge in [-0.25, -0.2) is 9.97 Å². The molecule has 0 saturated heterocycles. The number of nitrogens with zero attached hydrogens (tertiary/aromatic N) is 4. The maximum Gasteiger partial charge on any atom is 0.261 e. The van der Waals surface area contributed by atoms with Gasteiger partial charge in [0.05, 0.1) is 22.3 Å². The normalized spacial score (nSPS) is 11.2. The number of hydrogen-bond acceptors (Lipinski definition) is 6. The molecule has 0 spiro atoms. The molecule has 4 aromatic rings. The molecule has 1 amide bonds. The van der Waals surface area contributed by atoms with Crippen LogP contribution in [0.3, 0.4) is 0 Å². The molecule has 0 aliphatic rings. The largest absolute Gasteiger partial charge is 0.290 e. The Morgan fingerprint density at radius 2 is 1.88 bits per heavy atom. The van der Waals surface area contributed by atoms with Crippen LogP contribution in [0.4, 0.5) is 10.8 Å². The summed E-state index contributed by atoms with van der Waals surface area (Å²) in [6.07, 6.45) is 0. The van der Waals surface area contributed by atoms with Gasteiger partial charge in [0, 0.05) is 25.1 Å².